The van der Waals surface area contributed by atoms with Gasteiger partial charge in [0.25, 0.3) is 0 Å². The molecule has 0 saturated carbocycles. The highest BCUT2D eigenvalue weighted by Gasteiger charge is 2.30. The molecule has 0 fully saturated rings. The van der Waals surface area contributed by atoms with Gasteiger partial charge in [0, 0.05) is 10.9 Å². The summed E-state index contributed by atoms with van der Waals surface area (Å²) in [6, 6.07) is 6.79. The van der Waals surface area contributed by atoms with E-state index in [-0.39, 0.29) is 6.42 Å². The summed E-state index contributed by atoms with van der Waals surface area (Å²) in [7, 11) is 0. The molecule has 2 N–H and O–H groups in total. The Hall–Kier alpha value is -1.38. The van der Waals surface area contributed by atoms with Crippen LogP contribution in [-0.2, 0) is 11.2 Å². The summed E-state index contributed by atoms with van der Waals surface area (Å²) in [6.45, 7) is 1.22. The minimum Gasteiger partial charge on any atom is -0.479 e. The van der Waals surface area contributed by atoms with Gasteiger partial charge in [-0.15, -0.1) is 0 Å². The van der Waals surface area contributed by atoms with Crippen molar-refractivity contribution in [2.45, 2.75) is 18.9 Å². The van der Waals surface area contributed by atoms with Gasteiger partial charge < -0.3 is 10.2 Å². The maximum absolute atomic E-state index is 10.8. The molecule has 1 aromatic rings. The number of benzene rings is 1. The van der Waals surface area contributed by atoms with Gasteiger partial charge in [-0.05, 0) is 30.7 Å². The summed E-state index contributed by atoms with van der Waals surface area (Å²) in [5, 5.41) is 27.1. The molecule has 0 bridgehead atoms. The minimum atomic E-state index is -1.84. The van der Waals surface area contributed by atoms with Crippen LogP contribution in [0.3, 0.4) is 0 Å². The van der Waals surface area contributed by atoms with Crippen LogP contribution in [0.1, 0.15) is 18.1 Å². The third-order valence-electron chi connectivity index (χ3n) is 2.17. The number of nitrogens with zero attached hydrogens (tertiary/aromatic N) is 1. The molecule has 84 valence electrons. The number of halogens is 1. The van der Waals surface area contributed by atoms with E-state index in [0.29, 0.717) is 15.6 Å². The summed E-state index contributed by atoms with van der Waals surface area (Å²) in [4.78, 5) is 10.8. The topological polar surface area (TPSA) is 81.3 Å². The summed E-state index contributed by atoms with van der Waals surface area (Å²) < 4.78 is 0.674. The Morgan fingerprint density at radius 3 is 2.75 bits per heavy atom. The molecule has 0 aliphatic carbocycles. The summed E-state index contributed by atoms with van der Waals surface area (Å²) >= 11 is 3.25. The fraction of sp³-hybridized carbons (Fsp3) is 0.273. The molecular formula is C11H10BrNO3. The number of nitriles is 1. The van der Waals surface area contributed by atoms with E-state index in [1.54, 1.807) is 18.2 Å². The lowest BCUT2D eigenvalue weighted by atomic mass is 9.96. The second-order valence-electron chi connectivity index (χ2n) is 3.67. The van der Waals surface area contributed by atoms with Crippen LogP contribution in [-0.4, -0.2) is 21.8 Å². The van der Waals surface area contributed by atoms with Crippen molar-refractivity contribution in [2.24, 2.45) is 0 Å². The molecule has 0 amide bonds. The number of aliphatic carboxylic acids is 1. The Bertz CT molecular complexity index is 463. The first-order valence-corrected chi connectivity index (χ1v) is 5.30. The molecule has 0 radical (unpaired) electrons. The van der Waals surface area contributed by atoms with Crippen LogP contribution in [0.15, 0.2) is 22.7 Å². The van der Waals surface area contributed by atoms with Crippen molar-refractivity contribution in [3.05, 3.63) is 33.8 Å². The van der Waals surface area contributed by atoms with E-state index in [9.17, 15) is 9.90 Å². The lowest BCUT2D eigenvalue weighted by molar-refractivity contribution is -0.156. The van der Waals surface area contributed by atoms with Crippen LogP contribution < -0.4 is 0 Å². The third kappa shape index (κ3) is 2.81. The maximum atomic E-state index is 10.8. The Balaban J connectivity index is 3.06. The molecule has 1 unspecified atom stereocenters. The molecule has 1 aromatic carbocycles. The van der Waals surface area contributed by atoms with Crippen molar-refractivity contribution in [3.63, 3.8) is 0 Å². The molecule has 0 aromatic heterocycles. The number of carboxylic acids is 1. The molecule has 0 saturated heterocycles. The average Bonchev–Trinajstić information content (AvgIpc) is 2.21. The quantitative estimate of drug-likeness (QED) is 0.885. The number of carbonyl (C=O) groups is 1. The number of aliphatic hydroxyl groups is 1. The molecule has 1 atom stereocenters. The first kappa shape index (κ1) is 12.7. The second-order valence-corrected chi connectivity index (χ2v) is 4.53. The van der Waals surface area contributed by atoms with Crippen molar-refractivity contribution in [2.75, 3.05) is 0 Å². The molecule has 0 aliphatic heterocycles. The van der Waals surface area contributed by atoms with Crippen molar-refractivity contribution in [1.82, 2.24) is 0 Å². The summed E-state index contributed by atoms with van der Waals surface area (Å²) in [5.74, 6) is -1.29. The number of carboxylic acid groups (broad SMARTS) is 1. The zero-order valence-electron chi connectivity index (χ0n) is 8.57. The first-order valence-electron chi connectivity index (χ1n) is 4.51. The molecule has 0 spiro atoms. The molecule has 4 nitrogen and oxygen atoms in total. The lowest BCUT2D eigenvalue weighted by Crippen LogP contribution is -2.37. The van der Waals surface area contributed by atoms with E-state index in [1.165, 1.54) is 6.92 Å². The highest BCUT2D eigenvalue weighted by atomic mass is 79.9. The minimum absolute atomic E-state index is 0.0571. The van der Waals surface area contributed by atoms with Gasteiger partial charge in [0.05, 0.1) is 11.6 Å². The summed E-state index contributed by atoms with van der Waals surface area (Å²) in [6.07, 6.45) is -0.0571. The Kier molecular flexibility index (Phi) is 3.68. The van der Waals surface area contributed by atoms with Crippen LogP contribution in [0.2, 0.25) is 0 Å². The predicted molar refractivity (Wildman–Crippen MR) is 60.8 cm³/mol. The fourth-order valence-electron chi connectivity index (χ4n) is 1.23. The van der Waals surface area contributed by atoms with Gasteiger partial charge in [-0.2, -0.15) is 5.26 Å². The number of hydrogen-bond donors (Lipinski definition) is 2. The Labute approximate surface area is 101 Å². The Morgan fingerprint density at radius 2 is 2.25 bits per heavy atom. The van der Waals surface area contributed by atoms with Crippen LogP contribution in [0.5, 0.6) is 0 Å². The molecule has 16 heavy (non-hydrogen) atoms. The third-order valence-corrected chi connectivity index (χ3v) is 2.94. The van der Waals surface area contributed by atoms with Crippen molar-refractivity contribution >= 4 is 21.9 Å². The highest BCUT2D eigenvalue weighted by molar-refractivity contribution is 9.10. The van der Waals surface area contributed by atoms with Crippen LogP contribution in [0, 0.1) is 11.3 Å². The fourth-order valence-corrected chi connectivity index (χ4v) is 1.61. The monoisotopic (exact) mass is 283 g/mol. The van der Waals surface area contributed by atoms with Crippen molar-refractivity contribution in [3.8, 4) is 6.07 Å². The van der Waals surface area contributed by atoms with Crippen molar-refractivity contribution in [1.29, 1.82) is 5.26 Å². The number of rotatable bonds is 3. The second kappa shape index (κ2) is 4.64. The van der Waals surface area contributed by atoms with Gasteiger partial charge in [-0.1, -0.05) is 15.9 Å². The van der Waals surface area contributed by atoms with Gasteiger partial charge in [0.15, 0.2) is 5.60 Å². The van der Waals surface area contributed by atoms with E-state index in [4.69, 9.17) is 10.4 Å². The van der Waals surface area contributed by atoms with Crippen LogP contribution >= 0.6 is 15.9 Å². The van der Waals surface area contributed by atoms with Gasteiger partial charge in [-0.25, -0.2) is 4.79 Å². The van der Waals surface area contributed by atoms with Crippen LogP contribution in [0.4, 0.5) is 0 Å². The number of hydrogen-bond acceptors (Lipinski definition) is 3. The highest BCUT2D eigenvalue weighted by Crippen LogP contribution is 2.23. The normalized spacial score (nSPS) is 13.9. The van der Waals surface area contributed by atoms with Crippen LogP contribution in [0.25, 0.3) is 0 Å². The maximum Gasteiger partial charge on any atom is 0.335 e. The molecule has 1 rings (SSSR count). The van der Waals surface area contributed by atoms with Gasteiger partial charge in [0.2, 0.25) is 0 Å². The van der Waals surface area contributed by atoms with Gasteiger partial charge in [-0.3, -0.25) is 0 Å². The van der Waals surface area contributed by atoms with E-state index < -0.39 is 11.6 Å². The standard InChI is InChI=1S/C11H10BrNO3/c1-11(16,10(14)15)5-8-4-7(6-13)2-3-9(8)12/h2-4,16H,5H2,1H3,(H,14,15). The molecular weight excluding hydrogens is 274 g/mol. The predicted octanol–water partition coefficient (Wildman–Crippen LogP) is 1.70. The average molecular weight is 284 g/mol. The van der Waals surface area contributed by atoms with Gasteiger partial charge >= 0.3 is 5.97 Å². The molecule has 0 aliphatic rings. The Morgan fingerprint density at radius 1 is 1.62 bits per heavy atom. The lowest BCUT2D eigenvalue weighted by Gasteiger charge is -2.18. The molecule has 5 heteroatoms. The van der Waals surface area contributed by atoms with E-state index in [1.807, 2.05) is 6.07 Å². The SMILES string of the molecule is CC(O)(Cc1cc(C#N)ccc1Br)C(=O)O. The van der Waals surface area contributed by atoms with Crippen molar-refractivity contribution < 1.29 is 15.0 Å². The molecule has 0 heterocycles. The first-order chi connectivity index (χ1) is 7.36. The zero-order chi connectivity index (χ0) is 12.3. The van der Waals surface area contributed by atoms with E-state index in [2.05, 4.69) is 15.9 Å². The van der Waals surface area contributed by atoms with E-state index >= 15 is 0 Å². The smallest absolute Gasteiger partial charge is 0.335 e. The zero-order valence-corrected chi connectivity index (χ0v) is 10.2. The largest absolute Gasteiger partial charge is 0.479 e. The van der Waals surface area contributed by atoms with Gasteiger partial charge in [0.1, 0.15) is 0 Å². The summed E-state index contributed by atoms with van der Waals surface area (Å²) in [5.41, 5.74) is -0.817. The van der Waals surface area contributed by atoms with E-state index in [0.717, 1.165) is 0 Å².